The van der Waals surface area contributed by atoms with E-state index in [2.05, 4.69) is 19.9 Å². The summed E-state index contributed by atoms with van der Waals surface area (Å²) < 4.78 is 6.94. The van der Waals surface area contributed by atoms with Crippen LogP contribution >= 0.6 is 0 Å². The molecule has 0 spiro atoms. The first-order chi connectivity index (χ1) is 13.8. The minimum atomic E-state index is 0.0845. The standard InChI is InChI=1S/C20H29N5O3/c26-12-14-28-13-11-23-7-9-24(10-8-23)16-4-5-18-17(15-16)20(27)25(22-18)19-3-1-2-6-21-19/h1-3,6,16,26-27H,4-5,7-15H2. The number of aliphatic hydroxyl groups is 1. The zero-order valence-corrected chi connectivity index (χ0v) is 16.2. The van der Waals surface area contributed by atoms with Crippen LogP contribution in [0.3, 0.4) is 0 Å². The van der Waals surface area contributed by atoms with Gasteiger partial charge in [0.15, 0.2) is 5.82 Å². The molecule has 28 heavy (non-hydrogen) atoms. The molecule has 1 aliphatic heterocycles. The van der Waals surface area contributed by atoms with Crippen LogP contribution in [0.25, 0.3) is 5.82 Å². The lowest BCUT2D eigenvalue weighted by Crippen LogP contribution is -2.52. The van der Waals surface area contributed by atoms with Gasteiger partial charge in [0.05, 0.1) is 25.5 Å². The van der Waals surface area contributed by atoms with E-state index in [4.69, 9.17) is 9.84 Å². The molecule has 1 saturated heterocycles. The number of nitrogens with zero attached hydrogens (tertiary/aromatic N) is 5. The molecule has 8 heteroatoms. The molecule has 0 radical (unpaired) electrons. The van der Waals surface area contributed by atoms with Gasteiger partial charge >= 0.3 is 0 Å². The Morgan fingerprint density at radius 3 is 2.75 bits per heavy atom. The number of rotatable bonds is 7. The Bertz CT molecular complexity index is 759. The van der Waals surface area contributed by atoms with Crippen LogP contribution in [0.1, 0.15) is 17.7 Å². The van der Waals surface area contributed by atoms with Crippen molar-refractivity contribution in [1.29, 1.82) is 0 Å². The number of fused-ring (bicyclic) bond motifs is 1. The van der Waals surface area contributed by atoms with Gasteiger partial charge in [-0.1, -0.05) is 6.07 Å². The van der Waals surface area contributed by atoms with Gasteiger partial charge < -0.3 is 14.9 Å². The van der Waals surface area contributed by atoms with Crippen LogP contribution in [0.4, 0.5) is 0 Å². The van der Waals surface area contributed by atoms with Gasteiger partial charge in [0.25, 0.3) is 0 Å². The van der Waals surface area contributed by atoms with E-state index < -0.39 is 0 Å². The van der Waals surface area contributed by atoms with Gasteiger partial charge in [-0.2, -0.15) is 9.78 Å². The van der Waals surface area contributed by atoms with Crippen molar-refractivity contribution in [3.8, 4) is 11.7 Å². The third-order valence-corrected chi connectivity index (χ3v) is 5.77. The van der Waals surface area contributed by atoms with Crippen molar-refractivity contribution in [3.05, 3.63) is 35.7 Å². The van der Waals surface area contributed by atoms with Crippen molar-refractivity contribution in [2.24, 2.45) is 0 Å². The fraction of sp³-hybridized carbons (Fsp3) is 0.600. The van der Waals surface area contributed by atoms with Crippen molar-refractivity contribution in [1.82, 2.24) is 24.6 Å². The van der Waals surface area contributed by atoms with Crippen molar-refractivity contribution in [3.63, 3.8) is 0 Å². The highest BCUT2D eigenvalue weighted by molar-refractivity contribution is 5.39. The summed E-state index contributed by atoms with van der Waals surface area (Å²) in [5, 5.41) is 24.1. The lowest BCUT2D eigenvalue weighted by Gasteiger charge is -2.40. The van der Waals surface area contributed by atoms with E-state index in [9.17, 15) is 5.11 Å². The molecular weight excluding hydrogens is 358 g/mol. The van der Waals surface area contributed by atoms with Gasteiger partial charge in [-0.25, -0.2) is 4.98 Å². The second-order valence-corrected chi connectivity index (χ2v) is 7.46. The van der Waals surface area contributed by atoms with Crippen LogP contribution in [-0.2, 0) is 17.6 Å². The van der Waals surface area contributed by atoms with Crippen LogP contribution in [-0.4, -0.2) is 93.4 Å². The summed E-state index contributed by atoms with van der Waals surface area (Å²) in [5.41, 5.74) is 1.97. The number of ether oxygens (including phenoxy) is 1. The number of piperazine rings is 1. The van der Waals surface area contributed by atoms with Crippen LogP contribution in [0.15, 0.2) is 24.4 Å². The van der Waals surface area contributed by atoms with Crippen molar-refractivity contribution in [2.45, 2.75) is 25.3 Å². The quantitative estimate of drug-likeness (QED) is 0.668. The zero-order chi connectivity index (χ0) is 19.3. The number of aryl methyl sites for hydroxylation is 1. The van der Waals surface area contributed by atoms with Gasteiger partial charge in [-0.05, 0) is 31.4 Å². The lowest BCUT2D eigenvalue weighted by atomic mass is 9.91. The van der Waals surface area contributed by atoms with E-state index in [0.717, 1.165) is 63.2 Å². The molecule has 2 aromatic rings. The molecule has 1 fully saturated rings. The normalized spacial score (nSPS) is 21.0. The number of aliphatic hydroxyl groups excluding tert-OH is 1. The summed E-state index contributed by atoms with van der Waals surface area (Å²) >= 11 is 0. The summed E-state index contributed by atoms with van der Waals surface area (Å²) in [5.74, 6) is 0.890. The molecule has 1 atom stereocenters. The minimum absolute atomic E-state index is 0.0845. The largest absolute Gasteiger partial charge is 0.493 e. The predicted molar refractivity (Wildman–Crippen MR) is 105 cm³/mol. The highest BCUT2D eigenvalue weighted by Crippen LogP contribution is 2.32. The van der Waals surface area contributed by atoms with Crippen molar-refractivity contribution in [2.75, 3.05) is 52.5 Å². The van der Waals surface area contributed by atoms with Crippen LogP contribution in [0.2, 0.25) is 0 Å². The molecule has 0 amide bonds. The highest BCUT2D eigenvalue weighted by Gasteiger charge is 2.31. The molecule has 152 valence electrons. The molecule has 0 saturated carbocycles. The Balaban J connectivity index is 1.34. The fourth-order valence-electron chi connectivity index (χ4n) is 4.20. The second-order valence-electron chi connectivity index (χ2n) is 7.46. The number of hydrogen-bond acceptors (Lipinski definition) is 7. The van der Waals surface area contributed by atoms with Crippen molar-refractivity contribution < 1.29 is 14.9 Å². The molecular formula is C20H29N5O3. The van der Waals surface area contributed by atoms with E-state index in [-0.39, 0.29) is 12.5 Å². The monoisotopic (exact) mass is 387 g/mol. The SMILES string of the molecule is OCCOCCN1CCN(C2CCc3nn(-c4ccccn4)c(O)c3C2)CC1. The molecule has 3 heterocycles. The lowest BCUT2D eigenvalue weighted by molar-refractivity contribution is 0.0465. The Kier molecular flexibility index (Phi) is 6.21. The van der Waals surface area contributed by atoms with E-state index in [1.807, 2.05) is 18.2 Å². The van der Waals surface area contributed by atoms with E-state index in [0.29, 0.717) is 25.1 Å². The third kappa shape index (κ3) is 4.20. The third-order valence-electron chi connectivity index (χ3n) is 5.77. The maximum absolute atomic E-state index is 10.7. The summed E-state index contributed by atoms with van der Waals surface area (Å²) in [4.78, 5) is 9.27. The molecule has 2 aliphatic rings. The van der Waals surface area contributed by atoms with Gasteiger partial charge in [0.1, 0.15) is 0 Å². The Labute approximate surface area is 165 Å². The first-order valence-corrected chi connectivity index (χ1v) is 10.1. The molecule has 0 aromatic carbocycles. The predicted octanol–water partition coefficient (Wildman–Crippen LogP) is 0.457. The summed E-state index contributed by atoms with van der Waals surface area (Å²) in [6.45, 7) is 6.23. The molecule has 1 aliphatic carbocycles. The van der Waals surface area contributed by atoms with Crippen molar-refractivity contribution >= 4 is 0 Å². The number of aromatic nitrogens is 3. The first kappa shape index (κ1) is 19.3. The van der Waals surface area contributed by atoms with Crippen LogP contribution < -0.4 is 0 Å². The van der Waals surface area contributed by atoms with E-state index in [1.165, 1.54) is 0 Å². The molecule has 1 unspecified atom stereocenters. The topological polar surface area (TPSA) is 86.9 Å². The van der Waals surface area contributed by atoms with Gasteiger partial charge in [-0.15, -0.1) is 0 Å². The van der Waals surface area contributed by atoms with Crippen LogP contribution in [0.5, 0.6) is 5.88 Å². The Hall–Kier alpha value is -2.00. The average Bonchev–Trinajstić information content (AvgIpc) is 3.08. The number of hydrogen-bond donors (Lipinski definition) is 2. The average molecular weight is 387 g/mol. The molecule has 4 rings (SSSR count). The maximum Gasteiger partial charge on any atom is 0.219 e. The molecule has 0 bridgehead atoms. The summed E-state index contributed by atoms with van der Waals surface area (Å²) in [6, 6.07) is 6.07. The summed E-state index contributed by atoms with van der Waals surface area (Å²) in [7, 11) is 0. The molecule has 2 aromatic heterocycles. The first-order valence-electron chi connectivity index (χ1n) is 10.1. The summed E-state index contributed by atoms with van der Waals surface area (Å²) in [6.07, 6.45) is 4.52. The fourth-order valence-corrected chi connectivity index (χ4v) is 4.20. The van der Waals surface area contributed by atoms with E-state index in [1.54, 1.807) is 10.9 Å². The molecule has 8 nitrogen and oxygen atoms in total. The van der Waals surface area contributed by atoms with E-state index >= 15 is 0 Å². The number of pyridine rings is 1. The Morgan fingerprint density at radius 2 is 2.00 bits per heavy atom. The van der Waals surface area contributed by atoms with Crippen LogP contribution in [0, 0.1) is 0 Å². The smallest absolute Gasteiger partial charge is 0.219 e. The highest BCUT2D eigenvalue weighted by atomic mass is 16.5. The Morgan fingerprint density at radius 1 is 1.14 bits per heavy atom. The second kappa shape index (κ2) is 9.00. The number of aromatic hydroxyl groups is 1. The van der Waals surface area contributed by atoms with Gasteiger partial charge in [0, 0.05) is 50.5 Å². The van der Waals surface area contributed by atoms with Gasteiger partial charge in [-0.3, -0.25) is 9.80 Å². The maximum atomic E-state index is 10.7. The van der Waals surface area contributed by atoms with Gasteiger partial charge in [0.2, 0.25) is 5.88 Å². The zero-order valence-electron chi connectivity index (χ0n) is 16.2. The molecule has 2 N–H and O–H groups in total. The minimum Gasteiger partial charge on any atom is -0.493 e.